The van der Waals surface area contributed by atoms with Gasteiger partial charge in [0.1, 0.15) is 12.6 Å². The molecule has 0 spiro atoms. The Balaban J connectivity index is 4.54. The topological polar surface area (TPSA) is 192 Å². The predicted octanol–water partition coefficient (Wildman–Crippen LogP) is 10.5. The summed E-state index contributed by atoms with van der Waals surface area (Å²) in [6.07, 6.45) is 45.6. The van der Waals surface area contributed by atoms with Crippen molar-refractivity contribution in [3.05, 3.63) is 85.1 Å². The van der Waals surface area contributed by atoms with Gasteiger partial charge in [0, 0.05) is 12.8 Å². The summed E-state index contributed by atoms with van der Waals surface area (Å²) in [5.74, 6) is -2.53. The van der Waals surface area contributed by atoms with E-state index in [1.807, 2.05) is 48.6 Å². The van der Waals surface area contributed by atoms with Crippen LogP contribution in [0.1, 0.15) is 149 Å². The molecule has 59 heavy (non-hydrogen) atoms. The first-order valence-electron chi connectivity index (χ1n) is 21.7. The second-order valence-electron chi connectivity index (χ2n) is 14.3. The Hall–Kier alpha value is -3.38. The number of carboxylic acids is 1. The van der Waals surface area contributed by atoms with Crippen molar-refractivity contribution in [2.45, 2.75) is 167 Å². The third-order valence-electron chi connectivity index (χ3n) is 8.72. The smallest absolute Gasteiger partial charge is 0.472 e. The van der Waals surface area contributed by atoms with E-state index in [1.54, 1.807) is 6.08 Å². The highest BCUT2D eigenvalue weighted by Crippen LogP contribution is 2.43. The highest BCUT2D eigenvalue weighted by molar-refractivity contribution is 7.47. The van der Waals surface area contributed by atoms with Gasteiger partial charge in [0.15, 0.2) is 6.10 Å². The van der Waals surface area contributed by atoms with Crippen LogP contribution in [0.2, 0.25) is 0 Å². The molecule has 0 fully saturated rings. The van der Waals surface area contributed by atoms with Crippen molar-refractivity contribution in [1.82, 2.24) is 0 Å². The maximum Gasteiger partial charge on any atom is 0.472 e. The largest absolute Gasteiger partial charge is 0.480 e. The second-order valence-corrected chi connectivity index (χ2v) is 15.7. The number of unbranched alkanes of at least 4 members (excludes halogenated alkanes) is 11. The number of carboxylic acid groups (broad SMARTS) is 1. The first-order valence-corrected chi connectivity index (χ1v) is 23.2. The number of aliphatic hydroxyl groups is 1. The SMILES string of the molecule is CC/C=C\CC(O)/C=C/C=C/C/C=C\C/C=C\C/C=C\CCC(=O)OC[C@H](COP(=O)(O)OC[C@H](N)C(=O)O)OC(=O)CCCCCCCCC/C=C\CCCCCC. The van der Waals surface area contributed by atoms with Crippen LogP contribution in [0.15, 0.2) is 85.1 Å². The van der Waals surface area contributed by atoms with Gasteiger partial charge >= 0.3 is 25.7 Å². The highest BCUT2D eigenvalue weighted by Gasteiger charge is 2.28. The van der Waals surface area contributed by atoms with Crippen LogP contribution in [0.5, 0.6) is 0 Å². The van der Waals surface area contributed by atoms with Gasteiger partial charge in [0.05, 0.1) is 19.3 Å². The van der Waals surface area contributed by atoms with E-state index < -0.39 is 63.8 Å². The summed E-state index contributed by atoms with van der Waals surface area (Å²) in [7, 11) is -4.75. The number of carbonyl (C=O) groups is 3. The molecule has 0 aliphatic carbocycles. The molecular formula is C46H76NO11P. The number of esters is 2. The molecule has 4 atom stereocenters. The fourth-order valence-electron chi connectivity index (χ4n) is 5.29. The lowest BCUT2D eigenvalue weighted by atomic mass is 10.1. The van der Waals surface area contributed by atoms with E-state index in [0.717, 1.165) is 51.4 Å². The molecule has 0 aliphatic rings. The van der Waals surface area contributed by atoms with E-state index in [2.05, 4.69) is 48.8 Å². The molecule has 13 heteroatoms. The molecule has 0 bridgehead atoms. The Labute approximate surface area is 355 Å². The molecule has 0 aromatic heterocycles. The van der Waals surface area contributed by atoms with E-state index >= 15 is 0 Å². The van der Waals surface area contributed by atoms with Crippen molar-refractivity contribution >= 4 is 25.7 Å². The van der Waals surface area contributed by atoms with Crippen LogP contribution < -0.4 is 5.73 Å². The lowest BCUT2D eigenvalue weighted by molar-refractivity contribution is -0.161. The fourth-order valence-corrected chi connectivity index (χ4v) is 6.06. The Morgan fingerprint density at radius 2 is 1.19 bits per heavy atom. The molecule has 0 amide bonds. The highest BCUT2D eigenvalue weighted by atomic mass is 31.2. The van der Waals surface area contributed by atoms with Gasteiger partial charge in [-0.25, -0.2) is 4.57 Å². The lowest BCUT2D eigenvalue weighted by Crippen LogP contribution is -2.34. The molecule has 0 rings (SSSR count). The average Bonchev–Trinajstić information content (AvgIpc) is 3.20. The van der Waals surface area contributed by atoms with Crippen molar-refractivity contribution in [3.63, 3.8) is 0 Å². The van der Waals surface area contributed by atoms with Gasteiger partial charge in [0.25, 0.3) is 0 Å². The van der Waals surface area contributed by atoms with E-state index in [0.29, 0.717) is 25.7 Å². The number of rotatable bonds is 39. The molecule has 12 nitrogen and oxygen atoms in total. The van der Waals surface area contributed by atoms with Gasteiger partial charge in [-0.1, -0.05) is 150 Å². The van der Waals surface area contributed by atoms with Crippen LogP contribution in [0, 0.1) is 0 Å². The van der Waals surface area contributed by atoms with Crippen LogP contribution in [-0.4, -0.2) is 71.1 Å². The van der Waals surface area contributed by atoms with Crippen molar-refractivity contribution in [2.24, 2.45) is 5.73 Å². The molecule has 5 N–H and O–H groups in total. The van der Waals surface area contributed by atoms with Gasteiger partial charge in [-0.15, -0.1) is 0 Å². The van der Waals surface area contributed by atoms with Crippen molar-refractivity contribution in [3.8, 4) is 0 Å². The third kappa shape index (κ3) is 39.8. The van der Waals surface area contributed by atoms with Gasteiger partial charge in [-0.3, -0.25) is 23.4 Å². The Kier molecular flexibility index (Phi) is 37.8. The summed E-state index contributed by atoms with van der Waals surface area (Å²) in [4.78, 5) is 45.9. The van der Waals surface area contributed by atoms with E-state index in [9.17, 15) is 28.9 Å². The second kappa shape index (κ2) is 40.0. The quantitative estimate of drug-likeness (QED) is 0.0151. The number of allylic oxidation sites excluding steroid dienone is 12. The zero-order valence-corrected chi connectivity index (χ0v) is 36.8. The van der Waals surface area contributed by atoms with Gasteiger partial charge in [0.2, 0.25) is 0 Å². The van der Waals surface area contributed by atoms with E-state index in [-0.39, 0.29) is 12.8 Å². The molecule has 0 heterocycles. The van der Waals surface area contributed by atoms with Gasteiger partial charge in [-0.2, -0.15) is 0 Å². The molecular weight excluding hydrogens is 773 g/mol. The van der Waals surface area contributed by atoms with Crippen LogP contribution >= 0.6 is 7.82 Å². The standard InChI is InChI=1S/C46H76NO11P/c1-3-5-7-8-9-10-11-12-13-16-20-23-26-29-33-37-45(50)58-42(39-56-59(53,54)57-40-43(47)46(51)52)38-55-44(49)36-32-28-25-22-19-17-14-15-18-21-24-27-31-35-41(48)34-30-6-4-2/h6,10-11,15,17-19,24-25,27-28,30-31,35,41-43,48H,3-5,7-9,12-14,16,20-23,26,29,32-34,36-40,47H2,1-2H3,(H,51,52)(H,53,54)/b11-10-,18-15-,19-17-,27-24+,28-25-,30-6-,35-31+/t41?,42-,43+/m1/s1. The molecule has 2 unspecified atom stereocenters. The first kappa shape index (κ1) is 55.6. The third-order valence-corrected chi connectivity index (χ3v) is 9.67. The zero-order valence-electron chi connectivity index (χ0n) is 35.9. The number of carbonyl (C=O) groups excluding carboxylic acids is 2. The zero-order chi connectivity index (χ0) is 43.7. The van der Waals surface area contributed by atoms with E-state index in [4.69, 9.17) is 24.8 Å². The summed E-state index contributed by atoms with van der Waals surface area (Å²) in [6, 6.07) is -1.54. The molecule has 0 saturated carbocycles. The predicted molar refractivity (Wildman–Crippen MR) is 236 cm³/mol. The molecule has 0 aromatic carbocycles. The molecule has 0 saturated heterocycles. The minimum absolute atomic E-state index is 0.0759. The molecule has 0 radical (unpaired) electrons. The van der Waals surface area contributed by atoms with Crippen molar-refractivity contribution < 1.29 is 52.6 Å². The fraction of sp³-hybridized carbons (Fsp3) is 0.630. The Morgan fingerprint density at radius 3 is 1.81 bits per heavy atom. The number of hydrogen-bond donors (Lipinski definition) is 4. The summed E-state index contributed by atoms with van der Waals surface area (Å²) in [5.41, 5.74) is 5.32. The minimum atomic E-state index is -4.75. The molecule has 0 aliphatic heterocycles. The minimum Gasteiger partial charge on any atom is -0.480 e. The monoisotopic (exact) mass is 850 g/mol. The number of ether oxygens (including phenoxy) is 2. The number of phosphoric acid groups is 1. The number of nitrogens with two attached hydrogens (primary N) is 1. The summed E-state index contributed by atoms with van der Waals surface area (Å²) >= 11 is 0. The van der Waals surface area contributed by atoms with Crippen LogP contribution in [0.4, 0.5) is 0 Å². The number of phosphoric ester groups is 1. The lowest BCUT2D eigenvalue weighted by Gasteiger charge is -2.20. The number of aliphatic hydroxyl groups excluding tert-OH is 1. The van der Waals surface area contributed by atoms with Crippen LogP contribution in [0.3, 0.4) is 0 Å². The maximum absolute atomic E-state index is 12.6. The first-order chi connectivity index (χ1) is 28.5. The van der Waals surface area contributed by atoms with Crippen molar-refractivity contribution in [2.75, 3.05) is 19.8 Å². The Bertz CT molecular complexity index is 1340. The summed E-state index contributed by atoms with van der Waals surface area (Å²) < 4.78 is 32.6. The average molecular weight is 850 g/mol. The van der Waals surface area contributed by atoms with E-state index in [1.165, 1.54) is 44.9 Å². The Morgan fingerprint density at radius 1 is 0.627 bits per heavy atom. The molecule has 336 valence electrons. The summed E-state index contributed by atoms with van der Waals surface area (Å²) in [6.45, 7) is 2.48. The van der Waals surface area contributed by atoms with Crippen molar-refractivity contribution in [1.29, 1.82) is 0 Å². The number of aliphatic carboxylic acids is 1. The molecule has 0 aromatic rings. The normalized spacial score (nSPS) is 15.1. The van der Waals surface area contributed by atoms with Crippen LogP contribution in [-0.2, 0) is 37.5 Å². The van der Waals surface area contributed by atoms with Gasteiger partial charge in [-0.05, 0) is 70.6 Å². The maximum atomic E-state index is 12.6. The van der Waals surface area contributed by atoms with Gasteiger partial charge < -0.3 is 30.3 Å². The number of hydrogen-bond acceptors (Lipinski definition) is 10. The van der Waals surface area contributed by atoms with Crippen LogP contribution in [0.25, 0.3) is 0 Å². The summed E-state index contributed by atoms with van der Waals surface area (Å²) in [5, 5.41) is 18.7.